The number of hydrogen-bond donors (Lipinski definition) is 1. The Morgan fingerprint density at radius 1 is 1.35 bits per heavy atom. The number of amides is 2. The second-order valence-electron chi connectivity index (χ2n) is 7.53. The summed E-state index contributed by atoms with van der Waals surface area (Å²) in [4.78, 5) is 40.5. The maximum absolute atomic E-state index is 12.3. The van der Waals surface area contributed by atoms with E-state index < -0.39 is 5.60 Å². The molecule has 4 rings (SSSR count). The molecule has 1 spiro atoms. The maximum Gasteiger partial charge on any atom is 0.269 e. The second-order valence-corrected chi connectivity index (χ2v) is 7.53. The summed E-state index contributed by atoms with van der Waals surface area (Å²) < 4.78 is 0. The van der Waals surface area contributed by atoms with E-state index in [-0.39, 0.29) is 11.8 Å². The predicted octanol–water partition coefficient (Wildman–Crippen LogP) is 0.949. The van der Waals surface area contributed by atoms with Crippen molar-refractivity contribution in [3.8, 4) is 0 Å². The van der Waals surface area contributed by atoms with E-state index in [4.69, 9.17) is 4.84 Å². The van der Waals surface area contributed by atoms with Gasteiger partial charge in [0, 0.05) is 32.0 Å². The Bertz CT molecular complexity index is 744. The minimum absolute atomic E-state index is 0.198. The molecule has 0 radical (unpaired) electrons. The number of nitrogens with one attached hydrogen (secondary N) is 1. The number of likely N-dealkylation sites (tertiary alicyclic amines) is 1. The van der Waals surface area contributed by atoms with Crippen LogP contribution in [0.3, 0.4) is 0 Å². The molecule has 2 fully saturated rings. The zero-order valence-corrected chi connectivity index (χ0v) is 14.9. The highest BCUT2D eigenvalue weighted by Crippen LogP contribution is 2.37. The molecule has 8 nitrogen and oxygen atoms in total. The van der Waals surface area contributed by atoms with E-state index in [0.29, 0.717) is 56.2 Å². The van der Waals surface area contributed by atoms with Crippen LogP contribution in [0.25, 0.3) is 0 Å². The van der Waals surface area contributed by atoms with Crippen molar-refractivity contribution in [3.63, 3.8) is 0 Å². The van der Waals surface area contributed by atoms with Gasteiger partial charge in [0.25, 0.3) is 5.91 Å². The van der Waals surface area contributed by atoms with Crippen LogP contribution in [-0.2, 0) is 21.0 Å². The highest BCUT2D eigenvalue weighted by atomic mass is 16.7. The fourth-order valence-electron chi connectivity index (χ4n) is 3.40. The molecule has 26 heavy (non-hydrogen) atoms. The van der Waals surface area contributed by atoms with Crippen molar-refractivity contribution in [2.45, 2.75) is 51.2 Å². The van der Waals surface area contributed by atoms with Gasteiger partial charge in [0.1, 0.15) is 5.71 Å². The van der Waals surface area contributed by atoms with Gasteiger partial charge in [0.15, 0.2) is 5.60 Å². The Balaban J connectivity index is 1.28. The number of carbonyl (C=O) groups is 2. The zero-order valence-electron chi connectivity index (χ0n) is 14.9. The largest absolute Gasteiger partial charge is 0.386 e. The summed E-state index contributed by atoms with van der Waals surface area (Å²) >= 11 is 0. The molecule has 1 N–H and O–H groups in total. The molecule has 1 aliphatic carbocycles. The summed E-state index contributed by atoms with van der Waals surface area (Å²) in [7, 11) is 0. The van der Waals surface area contributed by atoms with E-state index in [1.807, 2.05) is 11.8 Å². The average molecular weight is 357 g/mol. The normalized spacial score (nSPS) is 24.5. The molecule has 3 aliphatic rings. The minimum Gasteiger partial charge on any atom is -0.386 e. The van der Waals surface area contributed by atoms with Crippen LogP contribution in [0.15, 0.2) is 17.5 Å². The lowest BCUT2D eigenvalue weighted by Gasteiger charge is -2.21. The first-order valence-electron chi connectivity index (χ1n) is 9.12. The number of aryl methyl sites for hydroxylation is 1. The SMILES string of the molecule is Cc1cnc(CNC(=O)C2=NOC3(CCN(C(=O)CC4CC4)C3)C2)cn1. The van der Waals surface area contributed by atoms with Crippen molar-refractivity contribution in [1.82, 2.24) is 20.2 Å². The highest BCUT2D eigenvalue weighted by Gasteiger charge is 2.48. The number of oxime groups is 1. The van der Waals surface area contributed by atoms with Crippen molar-refractivity contribution in [2.24, 2.45) is 11.1 Å². The van der Waals surface area contributed by atoms with Gasteiger partial charge < -0.3 is 15.1 Å². The number of hydrogen-bond acceptors (Lipinski definition) is 6. The molecule has 2 amide bonds. The highest BCUT2D eigenvalue weighted by molar-refractivity contribution is 6.39. The van der Waals surface area contributed by atoms with Crippen molar-refractivity contribution < 1.29 is 14.4 Å². The van der Waals surface area contributed by atoms with Crippen molar-refractivity contribution in [2.75, 3.05) is 13.1 Å². The first-order chi connectivity index (χ1) is 12.5. The smallest absolute Gasteiger partial charge is 0.269 e. The Kier molecular flexibility index (Phi) is 4.34. The number of nitrogens with zero attached hydrogens (tertiary/aromatic N) is 4. The maximum atomic E-state index is 12.3. The summed E-state index contributed by atoms with van der Waals surface area (Å²) in [6, 6.07) is 0. The monoisotopic (exact) mass is 357 g/mol. The van der Waals surface area contributed by atoms with Gasteiger partial charge in [0.05, 0.1) is 30.7 Å². The molecule has 8 heteroatoms. The van der Waals surface area contributed by atoms with Gasteiger partial charge in [-0.15, -0.1) is 0 Å². The van der Waals surface area contributed by atoms with E-state index in [0.717, 1.165) is 5.69 Å². The van der Waals surface area contributed by atoms with Crippen molar-refractivity contribution in [1.29, 1.82) is 0 Å². The Morgan fingerprint density at radius 3 is 2.92 bits per heavy atom. The molecule has 0 bridgehead atoms. The van der Waals surface area contributed by atoms with Gasteiger partial charge in [-0.1, -0.05) is 5.16 Å². The van der Waals surface area contributed by atoms with Crippen LogP contribution in [0.1, 0.15) is 43.5 Å². The van der Waals surface area contributed by atoms with Gasteiger partial charge in [-0.2, -0.15) is 0 Å². The first kappa shape index (κ1) is 16.9. The fourth-order valence-corrected chi connectivity index (χ4v) is 3.40. The molecule has 1 saturated heterocycles. The molecule has 1 unspecified atom stereocenters. The number of rotatable bonds is 5. The molecule has 2 aliphatic heterocycles. The lowest BCUT2D eigenvalue weighted by molar-refractivity contribution is -0.131. The standard InChI is InChI=1S/C18H23N5O3/c1-12-8-20-14(9-19-12)10-21-17(25)15-7-18(26-22-15)4-5-23(11-18)16(24)6-13-2-3-13/h8-9,13H,2-7,10-11H2,1H3,(H,21,25). The van der Waals surface area contributed by atoms with E-state index in [1.54, 1.807) is 12.4 Å². The fraction of sp³-hybridized carbons (Fsp3) is 0.611. The lowest BCUT2D eigenvalue weighted by atomic mass is 9.96. The van der Waals surface area contributed by atoms with Crippen LogP contribution in [0, 0.1) is 12.8 Å². The number of carbonyl (C=O) groups excluding carboxylic acids is 2. The second kappa shape index (κ2) is 6.66. The Morgan fingerprint density at radius 2 is 2.19 bits per heavy atom. The summed E-state index contributed by atoms with van der Waals surface area (Å²) in [6.07, 6.45) is 7.43. The molecule has 1 saturated carbocycles. The lowest BCUT2D eigenvalue weighted by Crippen LogP contribution is -2.38. The Labute approximate surface area is 152 Å². The first-order valence-corrected chi connectivity index (χ1v) is 9.12. The van der Waals surface area contributed by atoms with Crippen LogP contribution in [-0.4, -0.2) is 51.1 Å². The van der Waals surface area contributed by atoms with Crippen LogP contribution in [0.4, 0.5) is 0 Å². The molecule has 1 aromatic heterocycles. The van der Waals surface area contributed by atoms with Gasteiger partial charge >= 0.3 is 0 Å². The van der Waals surface area contributed by atoms with E-state index in [1.165, 1.54) is 12.8 Å². The third-order valence-electron chi connectivity index (χ3n) is 5.19. The minimum atomic E-state index is -0.532. The van der Waals surface area contributed by atoms with Gasteiger partial charge in [-0.05, 0) is 25.7 Å². The molecule has 1 atom stereocenters. The third kappa shape index (κ3) is 3.68. The van der Waals surface area contributed by atoms with E-state index in [9.17, 15) is 9.59 Å². The van der Waals surface area contributed by atoms with Gasteiger partial charge in [0.2, 0.25) is 5.91 Å². The summed E-state index contributed by atoms with van der Waals surface area (Å²) in [6.45, 7) is 3.35. The zero-order chi connectivity index (χ0) is 18.1. The van der Waals surface area contributed by atoms with Gasteiger partial charge in [-0.3, -0.25) is 19.6 Å². The molecule has 1 aromatic rings. The molecule has 138 valence electrons. The van der Waals surface area contributed by atoms with E-state index in [2.05, 4.69) is 20.4 Å². The van der Waals surface area contributed by atoms with Crippen molar-refractivity contribution >= 4 is 17.5 Å². The molecular formula is C18H23N5O3. The third-order valence-corrected chi connectivity index (χ3v) is 5.19. The summed E-state index contributed by atoms with van der Waals surface area (Å²) in [5.41, 5.74) is 1.37. The van der Waals surface area contributed by atoms with Crippen LogP contribution < -0.4 is 5.32 Å². The molecule has 3 heterocycles. The summed E-state index contributed by atoms with van der Waals surface area (Å²) in [5, 5.41) is 6.80. The predicted molar refractivity (Wildman–Crippen MR) is 93.0 cm³/mol. The topological polar surface area (TPSA) is 96.8 Å². The summed E-state index contributed by atoms with van der Waals surface area (Å²) in [5.74, 6) is 0.516. The van der Waals surface area contributed by atoms with Gasteiger partial charge in [-0.25, -0.2) is 0 Å². The van der Waals surface area contributed by atoms with Crippen LogP contribution in [0.2, 0.25) is 0 Å². The number of aromatic nitrogens is 2. The molecular weight excluding hydrogens is 334 g/mol. The molecule has 0 aromatic carbocycles. The Hall–Kier alpha value is -2.51. The quantitative estimate of drug-likeness (QED) is 0.846. The average Bonchev–Trinajstić information content (AvgIpc) is 3.20. The van der Waals surface area contributed by atoms with Crippen LogP contribution in [0.5, 0.6) is 0 Å². The van der Waals surface area contributed by atoms with Crippen molar-refractivity contribution in [3.05, 3.63) is 23.8 Å². The van der Waals surface area contributed by atoms with Crippen LogP contribution >= 0.6 is 0 Å². The van der Waals surface area contributed by atoms with E-state index >= 15 is 0 Å².